The maximum Gasteiger partial charge on any atom is 0.302 e. The van der Waals surface area contributed by atoms with Crippen LogP contribution in [0.2, 0.25) is 0 Å². The molecular weight excluding hydrogens is 554 g/mol. The van der Waals surface area contributed by atoms with Gasteiger partial charge < -0.3 is 9.84 Å². The number of hydrogen-bond acceptors (Lipinski definition) is 4. The quantitative estimate of drug-likeness (QED) is 0.168. The van der Waals surface area contributed by atoms with Crippen molar-refractivity contribution in [3.05, 3.63) is 37.5 Å². The van der Waals surface area contributed by atoms with Crippen molar-refractivity contribution in [3.8, 4) is 11.8 Å². The highest BCUT2D eigenvalue weighted by atomic mass is 16.5. The average molecular weight is 618 g/mol. The summed E-state index contributed by atoms with van der Waals surface area (Å²) in [7, 11) is 0. The van der Waals surface area contributed by atoms with Gasteiger partial charge >= 0.3 is 5.97 Å². The summed E-state index contributed by atoms with van der Waals surface area (Å²) >= 11 is 0. The largest absolute Gasteiger partial charge is 0.462 e. The molecule has 5 saturated carbocycles. The molecule has 5 rings (SSSR count). The lowest BCUT2D eigenvalue weighted by molar-refractivity contribution is -0.253. The maximum atomic E-state index is 12.0. The second kappa shape index (κ2) is 12.3. The Bertz CT molecular complexity index is 1230. The highest BCUT2D eigenvalue weighted by Crippen LogP contribution is 2.78. The van der Waals surface area contributed by atoms with E-state index in [0.29, 0.717) is 36.1 Å². The maximum absolute atomic E-state index is 12.0. The summed E-state index contributed by atoms with van der Waals surface area (Å²) in [6.07, 6.45) is 14.7. The van der Waals surface area contributed by atoms with Crippen LogP contribution in [0.15, 0.2) is 37.5 Å². The lowest BCUT2D eigenvalue weighted by atomic mass is 9.32. The van der Waals surface area contributed by atoms with Crippen molar-refractivity contribution in [1.82, 2.24) is 4.90 Å². The van der Waals surface area contributed by atoms with Crippen LogP contribution in [0.3, 0.4) is 0 Å². The number of fused-ring (bicyclic) bond motifs is 7. The minimum atomic E-state index is -0.609. The molecule has 0 radical (unpaired) electrons. The lowest BCUT2D eigenvalue weighted by Crippen LogP contribution is -2.67. The van der Waals surface area contributed by atoms with Gasteiger partial charge in [-0.25, -0.2) is 0 Å². The van der Waals surface area contributed by atoms with Crippen LogP contribution in [0.4, 0.5) is 0 Å². The second-order valence-electron chi connectivity index (χ2n) is 17.4. The summed E-state index contributed by atoms with van der Waals surface area (Å²) in [6, 6.07) is 0. The number of nitrogens with zero attached hydrogens (tertiary/aromatic N) is 1. The number of carbonyl (C=O) groups excluding carboxylic acids is 1. The van der Waals surface area contributed by atoms with Crippen LogP contribution < -0.4 is 0 Å². The van der Waals surface area contributed by atoms with Gasteiger partial charge in [0.2, 0.25) is 0 Å². The number of aliphatic hydroxyl groups excluding tert-OH is 1. The summed E-state index contributed by atoms with van der Waals surface area (Å²) in [6.45, 7) is 31.0. The zero-order valence-electron chi connectivity index (χ0n) is 29.7. The average Bonchev–Trinajstić information content (AvgIpc) is 3.36. The van der Waals surface area contributed by atoms with E-state index in [1.807, 2.05) is 12.2 Å². The van der Waals surface area contributed by atoms with Gasteiger partial charge in [0.1, 0.15) is 12.2 Å². The third-order valence-electron chi connectivity index (χ3n) is 15.2. The first-order valence-electron chi connectivity index (χ1n) is 18.1. The van der Waals surface area contributed by atoms with Gasteiger partial charge in [-0.2, -0.15) is 0 Å². The zero-order chi connectivity index (χ0) is 33.0. The minimum Gasteiger partial charge on any atom is -0.462 e. The third kappa shape index (κ3) is 5.31. The molecule has 5 fully saturated rings. The Morgan fingerprint density at radius 1 is 0.911 bits per heavy atom. The van der Waals surface area contributed by atoms with E-state index in [1.165, 1.54) is 37.7 Å². The van der Waals surface area contributed by atoms with Crippen LogP contribution in [-0.2, 0) is 9.53 Å². The normalized spacial score (nSPS) is 43.8. The molecule has 250 valence electrons. The van der Waals surface area contributed by atoms with Gasteiger partial charge in [-0.3, -0.25) is 9.69 Å². The van der Waals surface area contributed by atoms with E-state index in [9.17, 15) is 9.90 Å². The van der Waals surface area contributed by atoms with Crippen molar-refractivity contribution in [1.29, 1.82) is 0 Å². The molecule has 1 N–H and O–H groups in total. The molecule has 0 aliphatic heterocycles. The molecule has 0 saturated heterocycles. The van der Waals surface area contributed by atoms with Gasteiger partial charge in [-0.1, -0.05) is 70.8 Å². The van der Waals surface area contributed by atoms with Gasteiger partial charge in [0.05, 0.1) is 6.54 Å². The van der Waals surface area contributed by atoms with Crippen molar-refractivity contribution in [2.75, 3.05) is 19.6 Å². The van der Waals surface area contributed by atoms with Gasteiger partial charge in [0, 0.05) is 30.8 Å². The van der Waals surface area contributed by atoms with Crippen molar-refractivity contribution >= 4 is 5.97 Å². The molecule has 5 aliphatic rings. The molecule has 11 atom stereocenters. The molecule has 0 unspecified atom stereocenters. The molecule has 4 heteroatoms. The number of ether oxygens (including phenoxy) is 1. The van der Waals surface area contributed by atoms with E-state index in [2.05, 4.69) is 78.0 Å². The van der Waals surface area contributed by atoms with Crippen LogP contribution in [-0.4, -0.2) is 47.8 Å². The Labute approximate surface area is 275 Å². The topological polar surface area (TPSA) is 49.8 Å². The van der Waals surface area contributed by atoms with E-state index in [4.69, 9.17) is 4.74 Å². The molecular formula is C41H63NO3. The molecule has 0 heterocycles. The summed E-state index contributed by atoms with van der Waals surface area (Å²) in [5.74, 6) is 9.28. The van der Waals surface area contributed by atoms with E-state index in [0.717, 1.165) is 45.2 Å². The fourth-order valence-electron chi connectivity index (χ4n) is 13.0. The Kier molecular flexibility index (Phi) is 9.45. The van der Waals surface area contributed by atoms with Crippen molar-refractivity contribution < 1.29 is 14.6 Å². The Morgan fingerprint density at radius 3 is 2.22 bits per heavy atom. The highest BCUT2D eigenvalue weighted by molar-refractivity contribution is 5.66. The third-order valence-corrected chi connectivity index (χ3v) is 15.2. The van der Waals surface area contributed by atoms with Gasteiger partial charge in [0.15, 0.2) is 0 Å². The van der Waals surface area contributed by atoms with Crippen molar-refractivity contribution in [3.63, 3.8) is 0 Å². The first-order valence-corrected chi connectivity index (χ1v) is 18.1. The van der Waals surface area contributed by atoms with Gasteiger partial charge in [-0.05, 0) is 117 Å². The van der Waals surface area contributed by atoms with Crippen molar-refractivity contribution in [2.45, 2.75) is 125 Å². The molecule has 0 bridgehead atoms. The lowest BCUT2D eigenvalue weighted by Gasteiger charge is -2.73. The number of allylic oxidation sites excluding steroid dienone is 1. The van der Waals surface area contributed by atoms with E-state index in [1.54, 1.807) is 6.92 Å². The molecule has 0 aromatic rings. The monoisotopic (exact) mass is 617 g/mol. The Morgan fingerprint density at radius 2 is 1.60 bits per heavy atom. The standard InChI is InChI=1S/C41H63NO3/c1-11-25-42(26-12-2)27-13-14-34(44)41-22-17-30(28(3)4)36(41)31-15-16-33-38(8)20-19-35(45-29(5)43)37(6,7)32(38)18-21-40(33,10)39(31,9)23-24-41/h11-12,30-36,44H,1-3,15-27H2,4-10H3/t30-,31+,32-,33+,34+,35-,36+,38-,39+,40+,41+/m0/s1. The molecule has 45 heavy (non-hydrogen) atoms. The Hall–Kier alpha value is -1.83. The molecule has 4 nitrogen and oxygen atoms in total. The Balaban J connectivity index is 1.46. The predicted octanol–water partition coefficient (Wildman–Crippen LogP) is 8.61. The smallest absolute Gasteiger partial charge is 0.302 e. The van der Waals surface area contributed by atoms with Crippen LogP contribution in [0.1, 0.15) is 113 Å². The number of carbonyl (C=O) groups is 1. The summed E-state index contributed by atoms with van der Waals surface area (Å²) < 4.78 is 5.95. The number of aliphatic hydroxyl groups is 1. The molecule has 0 spiro atoms. The summed E-state index contributed by atoms with van der Waals surface area (Å²) in [5, 5.41) is 12.0. The fraction of sp³-hybridized carbons (Fsp3) is 0.780. The zero-order valence-corrected chi connectivity index (χ0v) is 29.7. The molecule has 0 aromatic carbocycles. The van der Waals surface area contributed by atoms with Crippen LogP contribution in [0, 0.1) is 68.5 Å². The molecule has 0 aromatic heterocycles. The van der Waals surface area contributed by atoms with Crippen LogP contribution >= 0.6 is 0 Å². The SMILES string of the molecule is C=CCN(CC#C[C@@H](O)[C@]12CC[C@@H](C(=C)C)[C@@H]1[C@H]1CC[C@@H]3[C@@]4(C)CC[C@H](OC(C)=O)C(C)(C)[C@@H]4CC[C@@]3(C)[C@]1(C)CC2)CC=C. The first-order chi connectivity index (χ1) is 21.1. The minimum absolute atomic E-state index is 0.0117. The van der Waals surface area contributed by atoms with Crippen molar-refractivity contribution in [2.24, 2.45) is 56.7 Å². The predicted molar refractivity (Wildman–Crippen MR) is 185 cm³/mol. The van der Waals surface area contributed by atoms with Crippen LogP contribution in [0.25, 0.3) is 0 Å². The number of rotatable bonds is 8. The van der Waals surface area contributed by atoms with E-state index in [-0.39, 0.29) is 39.1 Å². The number of esters is 1. The van der Waals surface area contributed by atoms with E-state index >= 15 is 0 Å². The first kappa shape index (κ1) is 34.5. The highest BCUT2D eigenvalue weighted by Gasteiger charge is 2.71. The van der Waals surface area contributed by atoms with Gasteiger partial charge in [-0.15, -0.1) is 13.2 Å². The summed E-state index contributed by atoms with van der Waals surface area (Å²) in [4.78, 5) is 14.2. The van der Waals surface area contributed by atoms with E-state index < -0.39 is 6.10 Å². The summed E-state index contributed by atoms with van der Waals surface area (Å²) in [5.41, 5.74) is 1.81. The van der Waals surface area contributed by atoms with Crippen LogP contribution in [0.5, 0.6) is 0 Å². The number of hydrogen-bond donors (Lipinski definition) is 1. The second-order valence-corrected chi connectivity index (χ2v) is 17.4. The molecule has 5 aliphatic carbocycles. The fourth-order valence-corrected chi connectivity index (χ4v) is 13.0. The van der Waals surface area contributed by atoms with Gasteiger partial charge in [0.25, 0.3) is 0 Å². The molecule has 0 amide bonds.